The van der Waals surface area contributed by atoms with Crippen molar-refractivity contribution in [3.63, 3.8) is 0 Å². The number of phenols is 1. The van der Waals surface area contributed by atoms with Crippen molar-refractivity contribution in [2.24, 2.45) is 0 Å². The molecule has 1 aromatic heterocycles. The summed E-state index contributed by atoms with van der Waals surface area (Å²) in [4.78, 5) is 18.5. The highest BCUT2D eigenvalue weighted by atomic mass is 35.5. The van der Waals surface area contributed by atoms with E-state index in [9.17, 15) is 14.3 Å². The number of anilines is 4. The number of aromatic nitrogens is 1. The zero-order valence-electron chi connectivity index (χ0n) is 20.0. The number of nitrogens with two attached hydrogens (primary N) is 1. The first kappa shape index (κ1) is 25.8. The van der Waals surface area contributed by atoms with Gasteiger partial charge in [-0.05, 0) is 60.7 Å². The number of halogens is 2. The molecule has 0 spiro atoms. The molecule has 0 atom stereocenters. The number of para-hydroxylation sites is 1. The second-order valence-electron chi connectivity index (χ2n) is 8.26. The Labute approximate surface area is 219 Å². The van der Waals surface area contributed by atoms with Crippen LogP contribution in [0.4, 0.5) is 27.3 Å². The highest BCUT2D eigenvalue weighted by molar-refractivity contribution is 6.30. The van der Waals surface area contributed by atoms with Gasteiger partial charge in [0.05, 0.1) is 18.8 Å². The zero-order chi connectivity index (χ0) is 26.2. The average Bonchev–Trinajstić information content (AvgIpc) is 2.91. The molecule has 4 rings (SSSR count). The predicted molar refractivity (Wildman–Crippen MR) is 147 cm³/mol. The molecule has 0 unspecified atom stereocenters. The van der Waals surface area contributed by atoms with Gasteiger partial charge in [-0.25, -0.2) is 9.37 Å². The Morgan fingerprint density at radius 1 is 1.00 bits per heavy atom. The fraction of sp³-hybridized carbons (Fsp3) is 0.143. The third kappa shape index (κ3) is 6.68. The molecule has 0 radical (unpaired) electrons. The number of carbonyl (C=O) groups excluding carboxylic acids is 1. The number of nitrogens with one attached hydrogen (secondary N) is 2. The summed E-state index contributed by atoms with van der Waals surface area (Å²) in [6.45, 7) is -0.106. The summed E-state index contributed by atoms with van der Waals surface area (Å²) in [6.07, 6.45) is 0. The van der Waals surface area contributed by atoms with Gasteiger partial charge in [0.25, 0.3) is 0 Å². The number of carbonyl (C=O) groups is 1. The number of amides is 1. The van der Waals surface area contributed by atoms with E-state index in [4.69, 9.17) is 17.3 Å². The summed E-state index contributed by atoms with van der Waals surface area (Å²) in [6, 6.07) is 25.0. The van der Waals surface area contributed by atoms with Crippen molar-refractivity contribution in [3.8, 4) is 17.0 Å². The van der Waals surface area contributed by atoms with Crippen molar-refractivity contribution in [2.45, 2.75) is 6.54 Å². The maximum Gasteiger partial charge on any atom is 0.239 e. The van der Waals surface area contributed by atoms with Crippen LogP contribution < -0.4 is 21.3 Å². The van der Waals surface area contributed by atoms with Crippen LogP contribution >= 0.6 is 11.6 Å². The number of phenolic OH excluding ortho intramolecular Hbond substituents is 1. The summed E-state index contributed by atoms with van der Waals surface area (Å²) in [5.41, 5.74) is 10.0. The molecular formula is C28H27ClFN5O2. The summed E-state index contributed by atoms with van der Waals surface area (Å²) >= 11 is 6.00. The molecule has 190 valence electrons. The minimum Gasteiger partial charge on any atom is -0.507 e. The predicted octanol–water partition coefficient (Wildman–Crippen LogP) is 5.53. The molecule has 4 aromatic rings. The average molecular weight is 520 g/mol. The lowest BCUT2D eigenvalue weighted by molar-refractivity contribution is -0.119. The lowest BCUT2D eigenvalue weighted by Gasteiger charge is -2.24. The molecular weight excluding hydrogens is 493 g/mol. The van der Waals surface area contributed by atoms with E-state index in [1.54, 1.807) is 53.4 Å². The maximum atomic E-state index is 13.4. The molecule has 0 aliphatic carbocycles. The van der Waals surface area contributed by atoms with Gasteiger partial charge in [0.1, 0.15) is 18.2 Å². The molecule has 5 N–H and O–H groups in total. The standard InChI is InChI=1S/C28H27ClFN5O2/c29-20-7-9-22(10-8-20)35(15-14-30)23-11-13-26(36)24(16-23)25-12-6-19(28(31)34-25)17-33-27(37)18-32-21-4-2-1-3-5-21/h1-13,16,32,36H,14-15,17-18H2,(H2,31,34)(H,33,37). The van der Waals surface area contributed by atoms with Gasteiger partial charge in [-0.15, -0.1) is 0 Å². The van der Waals surface area contributed by atoms with Crippen LogP contribution in [-0.4, -0.2) is 35.8 Å². The van der Waals surface area contributed by atoms with Gasteiger partial charge in [0.15, 0.2) is 0 Å². The van der Waals surface area contributed by atoms with Crippen molar-refractivity contribution in [1.82, 2.24) is 10.3 Å². The molecule has 0 aliphatic heterocycles. The van der Waals surface area contributed by atoms with Crippen LogP contribution in [0.25, 0.3) is 11.3 Å². The summed E-state index contributed by atoms with van der Waals surface area (Å²) in [7, 11) is 0. The highest BCUT2D eigenvalue weighted by Gasteiger charge is 2.15. The van der Waals surface area contributed by atoms with Crippen molar-refractivity contribution in [1.29, 1.82) is 0 Å². The van der Waals surface area contributed by atoms with Gasteiger partial charge in [-0.1, -0.05) is 35.9 Å². The highest BCUT2D eigenvalue weighted by Crippen LogP contribution is 2.35. The lowest BCUT2D eigenvalue weighted by Crippen LogP contribution is -2.29. The fourth-order valence-corrected chi connectivity index (χ4v) is 3.93. The van der Waals surface area contributed by atoms with Gasteiger partial charge >= 0.3 is 0 Å². The lowest BCUT2D eigenvalue weighted by atomic mass is 10.1. The number of nitrogens with zero attached hydrogens (tertiary/aromatic N) is 2. The van der Waals surface area contributed by atoms with Crippen molar-refractivity contribution >= 4 is 40.4 Å². The Morgan fingerprint density at radius 2 is 1.73 bits per heavy atom. The van der Waals surface area contributed by atoms with Crippen molar-refractivity contribution in [2.75, 3.05) is 35.7 Å². The van der Waals surface area contributed by atoms with E-state index in [2.05, 4.69) is 15.6 Å². The van der Waals surface area contributed by atoms with Crippen LogP contribution in [0.3, 0.4) is 0 Å². The number of alkyl halides is 1. The Hall–Kier alpha value is -4.30. The summed E-state index contributed by atoms with van der Waals surface area (Å²) in [5, 5.41) is 17.0. The molecule has 37 heavy (non-hydrogen) atoms. The van der Waals surface area contributed by atoms with Crippen LogP contribution in [0.1, 0.15) is 5.56 Å². The molecule has 0 saturated heterocycles. The molecule has 0 aliphatic rings. The Balaban J connectivity index is 1.48. The zero-order valence-corrected chi connectivity index (χ0v) is 20.8. The van der Waals surface area contributed by atoms with Crippen LogP contribution in [0.2, 0.25) is 5.02 Å². The quantitative estimate of drug-likeness (QED) is 0.220. The van der Waals surface area contributed by atoms with E-state index in [1.165, 1.54) is 6.07 Å². The Kier molecular flexibility index (Phi) is 8.43. The SMILES string of the molecule is Nc1nc(-c2cc(N(CCF)c3ccc(Cl)cc3)ccc2O)ccc1CNC(=O)CNc1ccccc1. The van der Waals surface area contributed by atoms with Gasteiger partial charge in [-0.3, -0.25) is 4.79 Å². The summed E-state index contributed by atoms with van der Waals surface area (Å²) in [5.74, 6) is 0.0600. The molecule has 7 nitrogen and oxygen atoms in total. The number of hydrogen-bond donors (Lipinski definition) is 4. The molecule has 0 bridgehead atoms. The monoisotopic (exact) mass is 519 g/mol. The second kappa shape index (κ2) is 12.1. The van der Waals surface area contributed by atoms with Crippen LogP contribution in [0, 0.1) is 0 Å². The van der Waals surface area contributed by atoms with E-state index in [1.807, 2.05) is 30.3 Å². The first-order valence-corrected chi connectivity index (χ1v) is 12.1. The van der Waals surface area contributed by atoms with Crippen molar-refractivity contribution < 1.29 is 14.3 Å². The number of benzene rings is 3. The third-order valence-corrected chi connectivity index (χ3v) is 5.98. The molecule has 9 heteroatoms. The fourth-order valence-electron chi connectivity index (χ4n) is 3.81. The number of rotatable bonds is 10. The van der Waals surface area contributed by atoms with Gasteiger partial charge in [0.2, 0.25) is 5.91 Å². The molecule has 1 heterocycles. The first-order valence-electron chi connectivity index (χ1n) is 11.7. The molecule has 0 saturated carbocycles. The number of hydrogen-bond acceptors (Lipinski definition) is 6. The van der Waals surface area contributed by atoms with E-state index >= 15 is 0 Å². The smallest absolute Gasteiger partial charge is 0.239 e. The molecule has 1 amide bonds. The Morgan fingerprint density at radius 3 is 2.43 bits per heavy atom. The van der Waals surface area contributed by atoms with Crippen LogP contribution in [0.15, 0.2) is 84.9 Å². The van der Waals surface area contributed by atoms with Gasteiger partial charge < -0.3 is 26.4 Å². The summed E-state index contributed by atoms with van der Waals surface area (Å²) < 4.78 is 13.4. The normalized spacial score (nSPS) is 10.6. The minimum atomic E-state index is -0.564. The maximum absolute atomic E-state index is 13.4. The van der Waals surface area contributed by atoms with E-state index in [-0.39, 0.29) is 37.1 Å². The molecule has 0 fully saturated rings. The van der Waals surface area contributed by atoms with E-state index in [0.29, 0.717) is 27.5 Å². The third-order valence-electron chi connectivity index (χ3n) is 5.73. The largest absolute Gasteiger partial charge is 0.507 e. The Bertz CT molecular complexity index is 1350. The number of nitrogen functional groups attached to an aromatic ring is 1. The van der Waals surface area contributed by atoms with Gasteiger partial charge in [0, 0.05) is 39.8 Å². The first-order chi connectivity index (χ1) is 17.9. The number of aromatic hydroxyl groups is 1. The minimum absolute atomic E-state index is 0.0139. The number of pyridine rings is 1. The van der Waals surface area contributed by atoms with Crippen LogP contribution in [-0.2, 0) is 11.3 Å². The van der Waals surface area contributed by atoms with Crippen LogP contribution in [0.5, 0.6) is 5.75 Å². The second-order valence-corrected chi connectivity index (χ2v) is 8.69. The van der Waals surface area contributed by atoms with Gasteiger partial charge in [-0.2, -0.15) is 0 Å². The van der Waals surface area contributed by atoms with Crippen molar-refractivity contribution in [3.05, 3.63) is 95.5 Å². The van der Waals surface area contributed by atoms with E-state index in [0.717, 1.165) is 11.4 Å². The topological polar surface area (TPSA) is 104 Å². The van der Waals surface area contributed by atoms with E-state index < -0.39 is 6.67 Å². The molecule has 3 aromatic carbocycles.